The van der Waals surface area contributed by atoms with Gasteiger partial charge in [-0.25, -0.2) is 4.79 Å². The van der Waals surface area contributed by atoms with Crippen LogP contribution in [-0.2, 0) is 14.8 Å². The zero-order valence-electron chi connectivity index (χ0n) is 16.3. The van der Waals surface area contributed by atoms with Crippen molar-refractivity contribution in [1.82, 2.24) is 10.2 Å². The van der Waals surface area contributed by atoms with E-state index in [0.29, 0.717) is 22.5 Å². The SMILES string of the molecule is COC(=O)c1cccc(NS(=O)(=O)c2nnc(NC(=O)c3cccc(C)c3)s2)c1C. The summed E-state index contributed by atoms with van der Waals surface area (Å²) in [5, 5.41) is 9.98. The fraction of sp³-hybridized carbons (Fsp3) is 0.158. The number of nitrogens with zero attached hydrogens (tertiary/aromatic N) is 2. The third-order valence-electron chi connectivity index (χ3n) is 4.12. The Bertz CT molecular complexity index is 1220. The first-order chi connectivity index (χ1) is 14.2. The van der Waals surface area contributed by atoms with Crippen LogP contribution in [0, 0.1) is 13.8 Å². The van der Waals surface area contributed by atoms with Gasteiger partial charge in [0.05, 0.1) is 18.4 Å². The Morgan fingerprint density at radius 3 is 2.50 bits per heavy atom. The average molecular weight is 447 g/mol. The van der Waals surface area contributed by atoms with Crippen molar-refractivity contribution in [3.63, 3.8) is 0 Å². The Morgan fingerprint density at radius 1 is 1.07 bits per heavy atom. The van der Waals surface area contributed by atoms with E-state index in [1.165, 1.54) is 25.3 Å². The molecule has 0 saturated heterocycles. The molecule has 3 aromatic rings. The highest BCUT2D eigenvalue weighted by Gasteiger charge is 2.23. The number of hydrogen-bond donors (Lipinski definition) is 2. The number of carbonyl (C=O) groups is 2. The maximum atomic E-state index is 12.7. The minimum absolute atomic E-state index is 0.0434. The zero-order valence-corrected chi connectivity index (χ0v) is 17.9. The molecule has 0 unspecified atom stereocenters. The zero-order chi connectivity index (χ0) is 21.9. The number of anilines is 2. The highest BCUT2D eigenvalue weighted by molar-refractivity contribution is 7.94. The molecule has 11 heteroatoms. The van der Waals surface area contributed by atoms with Crippen LogP contribution in [0.5, 0.6) is 0 Å². The molecular weight excluding hydrogens is 428 g/mol. The van der Waals surface area contributed by atoms with E-state index in [1.807, 2.05) is 13.0 Å². The van der Waals surface area contributed by atoms with Gasteiger partial charge in [0, 0.05) is 5.56 Å². The molecule has 0 fully saturated rings. The Balaban J connectivity index is 1.79. The van der Waals surface area contributed by atoms with E-state index in [4.69, 9.17) is 4.74 Å². The Labute approximate surface area is 177 Å². The second-order valence-corrected chi connectivity index (χ2v) is 9.11. The highest BCUT2D eigenvalue weighted by atomic mass is 32.2. The number of aromatic nitrogens is 2. The fourth-order valence-corrected chi connectivity index (χ4v) is 4.61. The molecule has 30 heavy (non-hydrogen) atoms. The summed E-state index contributed by atoms with van der Waals surface area (Å²) >= 11 is 0.711. The van der Waals surface area contributed by atoms with Crippen LogP contribution >= 0.6 is 11.3 Å². The number of benzene rings is 2. The van der Waals surface area contributed by atoms with Crippen LogP contribution in [-0.4, -0.2) is 37.6 Å². The molecule has 0 aliphatic carbocycles. The second kappa shape index (κ2) is 8.59. The molecule has 0 saturated carbocycles. The van der Waals surface area contributed by atoms with E-state index >= 15 is 0 Å². The van der Waals surface area contributed by atoms with Gasteiger partial charge in [0.1, 0.15) is 0 Å². The molecule has 0 aliphatic rings. The number of carbonyl (C=O) groups excluding carboxylic acids is 2. The molecule has 0 bridgehead atoms. The largest absolute Gasteiger partial charge is 0.465 e. The summed E-state index contributed by atoms with van der Waals surface area (Å²) in [7, 11) is -2.84. The van der Waals surface area contributed by atoms with Crippen molar-refractivity contribution in [2.75, 3.05) is 17.1 Å². The number of rotatable bonds is 6. The molecule has 1 amide bonds. The molecule has 0 aliphatic heterocycles. The Kier molecular flexibility index (Phi) is 6.13. The van der Waals surface area contributed by atoms with E-state index in [2.05, 4.69) is 20.2 Å². The lowest BCUT2D eigenvalue weighted by molar-refractivity contribution is 0.0600. The maximum Gasteiger partial charge on any atom is 0.338 e. The molecule has 1 aromatic heterocycles. The summed E-state index contributed by atoms with van der Waals surface area (Å²) in [6.07, 6.45) is 0. The van der Waals surface area contributed by atoms with E-state index in [-0.39, 0.29) is 20.7 Å². The van der Waals surface area contributed by atoms with Crippen LogP contribution in [0.1, 0.15) is 31.8 Å². The Morgan fingerprint density at radius 2 is 1.80 bits per heavy atom. The monoisotopic (exact) mass is 446 g/mol. The van der Waals surface area contributed by atoms with Crippen LogP contribution < -0.4 is 10.0 Å². The summed E-state index contributed by atoms with van der Waals surface area (Å²) in [5.74, 6) is -1.00. The lowest BCUT2D eigenvalue weighted by Crippen LogP contribution is -2.15. The topological polar surface area (TPSA) is 127 Å². The van der Waals surface area contributed by atoms with Crippen molar-refractivity contribution in [2.45, 2.75) is 18.2 Å². The van der Waals surface area contributed by atoms with Gasteiger partial charge in [-0.1, -0.05) is 35.1 Å². The first-order valence-corrected chi connectivity index (χ1v) is 10.9. The predicted octanol–water partition coefficient (Wildman–Crippen LogP) is 2.99. The van der Waals surface area contributed by atoms with E-state index in [0.717, 1.165) is 5.56 Å². The maximum absolute atomic E-state index is 12.7. The van der Waals surface area contributed by atoms with Crippen molar-refractivity contribution >= 4 is 44.1 Å². The molecule has 9 nitrogen and oxygen atoms in total. The van der Waals surface area contributed by atoms with Crippen molar-refractivity contribution in [2.24, 2.45) is 0 Å². The van der Waals surface area contributed by atoms with Crippen LogP contribution in [0.4, 0.5) is 10.8 Å². The standard InChI is InChI=1S/C19H18N4O5S2/c1-11-6-4-7-13(10-11)16(24)20-18-21-22-19(29-18)30(26,27)23-15-9-5-8-14(12(15)2)17(25)28-3/h4-10,23H,1-3H3,(H,20,21,24). The molecule has 156 valence electrons. The van der Waals surface area contributed by atoms with Gasteiger partial charge >= 0.3 is 5.97 Å². The van der Waals surface area contributed by atoms with Crippen LogP contribution in [0.2, 0.25) is 0 Å². The molecule has 0 atom stereocenters. The van der Waals surface area contributed by atoms with Crippen LogP contribution in [0.25, 0.3) is 0 Å². The molecule has 1 heterocycles. The van der Waals surface area contributed by atoms with Gasteiger partial charge in [0.2, 0.25) is 5.13 Å². The van der Waals surface area contributed by atoms with Gasteiger partial charge in [-0.15, -0.1) is 10.2 Å². The van der Waals surface area contributed by atoms with Crippen LogP contribution in [0.3, 0.4) is 0 Å². The van der Waals surface area contributed by atoms with Crippen molar-refractivity contribution in [3.05, 3.63) is 64.7 Å². The lowest BCUT2D eigenvalue weighted by atomic mass is 10.1. The quantitative estimate of drug-likeness (QED) is 0.440. The Hall–Kier alpha value is -3.31. The smallest absolute Gasteiger partial charge is 0.338 e. The van der Waals surface area contributed by atoms with E-state index in [1.54, 1.807) is 25.1 Å². The van der Waals surface area contributed by atoms with Gasteiger partial charge in [-0.2, -0.15) is 8.42 Å². The summed E-state index contributed by atoms with van der Waals surface area (Å²) < 4.78 is 32.1. The number of methoxy groups -OCH3 is 1. The first kappa shape index (κ1) is 21.4. The molecule has 2 aromatic carbocycles. The van der Waals surface area contributed by atoms with Gasteiger partial charge in [-0.05, 0) is 43.7 Å². The molecule has 3 rings (SSSR count). The average Bonchev–Trinajstić information content (AvgIpc) is 3.18. The summed E-state index contributed by atoms with van der Waals surface area (Å²) in [4.78, 5) is 24.1. The fourth-order valence-electron chi connectivity index (χ4n) is 2.59. The van der Waals surface area contributed by atoms with Crippen molar-refractivity contribution < 1.29 is 22.7 Å². The summed E-state index contributed by atoms with van der Waals surface area (Å²) in [5.41, 5.74) is 2.19. The van der Waals surface area contributed by atoms with E-state index < -0.39 is 21.9 Å². The van der Waals surface area contributed by atoms with Crippen molar-refractivity contribution in [3.8, 4) is 0 Å². The molecule has 0 radical (unpaired) electrons. The summed E-state index contributed by atoms with van der Waals surface area (Å²) in [6, 6.07) is 11.5. The second-order valence-electron chi connectivity index (χ2n) is 6.27. The number of nitrogens with one attached hydrogen (secondary N) is 2. The van der Waals surface area contributed by atoms with Gasteiger partial charge < -0.3 is 4.74 Å². The normalized spacial score (nSPS) is 11.0. The number of ether oxygens (including phenoxy) is 1. The minimum Gasteiger partial charge on any atom is -0.465 e. The van der Waals surface area contributed by atoms with E-state index in [9.17, 15) is 18.0 Å². The number of sulfonamides is 1. The van der Waals surface area contributed by atoms with Crippen molar-refractivity contribution in [1.29, 1.82) is 0 Å². The molecule has 0 spiro atoms. The first-order valence-electron chi connectivity index (χ1n) is 8.63. The number of amides is 1. The molecular formula is C19H18N4O5S2. The third kappa shape index (κ3) is 4.63. The number of hydrogen-bond acceptors (Lipinski definition) is 8. The van der Waals surface area contributed by atoms with Crippen LogP contribution in [0.15, 0.2) is 46.8 Å². The molecule has 2 N–H and O–H groups in total. The predicted molar refractivity (Wildman–Crippen MR) is 112 cm³/mol. The summed E-state index contributed by atoms with van der Waals surface area (Å²) in [6.45, 7) is 3.45. The lowest BCUT2D eigenvalue weighted by Gasteiger charge is -2.11. The number of esters is 1. The number of aryl methyl sites for hydroxylation is 1. The minimum atomic E-state index is -4.08. The van der Waals surface area contributed by atoms with Gasteiger partial charge in [0.15, 0.2) is 0 Å². The van der Waals surface area contributed by atoms with Gasteiger partial charge in [-0.3, -0.25) is 14.8 Å². The van der Waals surface area contributed by atoms with Gasteiger partial charge in [0.25, 0.3) is 20.3 Å². The third-order valence-corrected chi connectivity index (χ3v) is 6.69. The highest BCUT2D eigenvalue weighted by Crippen LogP contribution is 2.26.